The number of carbonyl (C=O) groups is 1. The summed E-state index contributed by atoms with van der Waals surface area (Å²) >= 11 is 0. The number of nitrogens with zero attached hydrogens (tertiary/aromatic N) is 2. The molecule has 2 rings (SSSR count). The first-order valence-corrected chi connectivity index (χ1v) is 7.99. The van der Waals surface area contributed by atoms with Crippen molar-refractivity contribution >= 4 is 18.3 Å². The number of hydrogen-bond acceptors (Lipinski definition) is 4. The molecule has 0 aromatic heterocycles. The number of hydrogen-bond donors (Lipinski definition) is 1. The van der Waals surface area contributed by atoms with Crippen LogP contribution in [-0.2, 0) is 11.2 Å². The third-order valence-electron chi connectivity index (χ3n) is 4.13. The van der Waals surface area contributed by atoms with E-state index >= 15 is 0 Å². The van der Waals surface area contributed by atoms with E-state index in [1.165, 1.54) is 5.56 Å². The summed E-state index contributed by atoms with van der Waals surface area (Å²) in [4.78, 5) is 16.3. The monoisotopic (exact) mass is 341 g/mol. The lowest BCUT2D eigenvalue weighted by Crippen LogP contribution is -2.47. The van der Waals surface area contributed by atoms with Gasteiger partial charge in [-0.1, -0.05) is 18.2 Å². The van der Waals surface area contributed by atoms with E-state index in [1.807, 2.05) is 23.1 Å². The topological polar surface area (TPSA) is 44.8 Å². The van der Waals surface area contributed by atoms with Crippen LogP contribution in [0.15, 0.2) is 24.3 Å². The summed E-state index contributed by atoms with van der Waals surface area (Å²) in [5, 5.41) is 3.27. The lowest BCUT2D eigenvalue weighted by molar-refractivity contribution is -0.132. The standard InChI is InChI=1S/C17H27N3O2.ClH/c1-19(11-7-15-5-3-4-6-16(15)22-2)12-8-17(21)20-13-9-18-10-14-20;/h3-6,18H,7-14H2,1-2H3;1H. The number of halogens is 1. The van der Waals surface area contributed by atoms with Crippen LogP contribution in [0, 0.1) is 0 Å². The Morgan fingerprint density at radius 1 is 1.26 bits per heavy atom. The van der Waals surface area contributed by atoms with Crippen LogP contribution in [0.2, 0.25) is 0 Å². The molecule has 1 amide bonds. The number of methoxy groups -OCH3 is 1. The van der Waals surface area contributed by atoms with Crippen molar-refractivity contribution in [3.8, 4) is 5.75 Å². The van der Waals surface area contributed by atoms with Crippen LogP contribution in [-0.4, -0.2) is 69.1 Å². The summed E-state index contributed by atoms with van der Waals surface area (Å²) in [6.07, 6.45) is 1.53. The van der Waals surface area contributed by atoms with Crippen LogP contribution < -0.4 is 10.1 Å². The summed E-state index contributed by atoms with van der Waals surface area (Å²) in [5.74, 6) is 1.21. The van der Waals surface area contributed by atoms with Crippen molar-refractivity contribution in [1.82, 2.24) is 15.1 Å². The summed E-state index contributed by atoms with van der Waals surface area (Å²) in [6.45, 7) is 5.23. The molecule has 1 aromatic rings. The second-order valence-electron chi connectivity index (χ2n) is 5.75. The highest BCUT2D eigenvalue weighted by molar-refractivity contribution is 5.85. The molecule has 0 unspecified atom stereocenters. The number of ether oxygens (including phenoxy) is 1. The molecule has 1 aliphatic rings. The van der Waals surface area contributed by atoms with Gasteiger partial charge in [-0.05, 0) is 25.1 Å². The lowest BCUT2D eigenvalue weighted by atomic mass is 10.1. The Morgan fingerprint density at radius 2 is 1.96 bits per heavy atom. The van der Waals surface area contributed by atoms with E-state index < -0.39 is 0 Å². The first-order valence-electron chi connectivity index (χ1n) is 7.99. The van der Waals surface area contributed by atoms with Crippen LogP contribution in [0.3, 0.4) is 0 Å². The van der Waals surface area contributed by atoms with Crippen LogP contribution in [0.4, 0.5) is 0 Å². The van der Waals surface area contributed by atoms with Gasteiger partial charge in [0, 0.05) is 45.7 Å². The molecule has 0 radical (unpaired) electrons. The molecule has 0 aliphatic carbocycles. The molecular formula is C17H28ClN3O2. The number of amides is 1. The fourth-order valence-electron chi connectivity index (χ4n) is 2.69. The lowest BCUT2D eigenvalue weighted by Gasteiger charge is -2.28. The van der Waals surface area contributed by atoms with Crippen LogP contribution in [0.1, 0.15) is 12.0 Å². The fraction of sp³-hybridized carbons (Fsp3) is 0.588. The van der Waals surface area contributed by atoms with E-state index in [1.54, 1.807) is 7.11 Å². The van der Waals surface area contributed by atoms with Gasteiger partial charge >= 0.3 is 0 Å². The molecular weight excluding hydrogens is 314 g/mol. The van der Waals surface area contributed by atoms with Gasteiger partial charge in [-0.25, -0.2) is 0 Å². The quantitative estimate of drug-likeness (QED) is 0.814. The maximum absolute atomic E-state index is 12.1. The normalized spacial score (nSPS) is 14.5. The van der Waals surface area contributed by atoms with E-state index in [0.717, 1.165) is 51.4 Å². The smallest absolute Gasteiger partial charge is 0.223 e. The molecule has 0 saturated carbocycles. The first kappa shape index (κ1) is 19.7. The molecule has 1 aromatic carbocycles. The minimum absolute atomic E-state index is 0. The molecule has 0 bridgehead atoms. The number of likely N-dealkylation sites (N-methyl/N-ethyl adjacent to an activating group) is 1. The first-order chi connectivity index (χ1) is 10.7. The Morgan fingerprint density at radius 3 is 2.65 bits per heavy atom. The van der Waals surface area contributed by atoms with E-state index in [0.29, 0.717) is 6.42 Å². The zero-order valence-electron chi connectivity index (χ0n) is 14.1. The zero-order valence-corrected chi connectivity index (χ0v) is 14.9. The molecule has 1 fully saturated rings. The van der Waals surface area contributed by atoms with Crippen molar-refractivity contribution < 1.29 is 9.53 Å². The summed E-state index contributed by atoms with van der Waals surface area (Å²) in [6, 6.07) is 8.10. The number of piperazine rings is 1. The van der Waals surface area contributed by atoms with Crippen molar-refractivity contribution in [3.63, 3.8) is 0 Å². The van der Waals surface area contributed by atoms with Gasteiger partial charge in [0.25, 0.3) is 0 Å². The molecule has 1 saturated heterocycles. The Labute approximate surface area is 145 Å². The van der Waals surface area contributed by atoms with Gasteiger partial charge in [0.1, 0.15) is 5.75 Å². The summed E-state index contributed by atoms with van der Waals surface area (Å²) in [7, 11) is 3.77. The van der Waals surface area contributed by atoms with Crippen molar-refractivity contribution in [3.05, 3.63) is 29.8 Å². The highest BCUT2D eigenvalue weighted by Crippen LogP contribution is 2.17. The molecule has 1 aliphatic heterocycles. The maximum atomic E-state index is 12.1. The van der Waals surface area contributed by atoms with E-state index in [4.69, 9.17) is 4.74 Å². The Hall–Kier alpha value is -1.30. The van der Waals surface area contributed by atoms with Crippen molar-refractivity contribution in [1.29, 1.82) is 0 Å². The fourth-order valence-corrected chi connectivity index (χ4v) is 2.69. The maximum Gasteiger partial charge on any atom is 0.223 e. The van der Waals surface area contributed by atoms with Gasteiger partial charge in [-0.15, -0.1) is 12.4 Å². The molecule has 6 heteroatoms. The Bertz CT molecular complexity index is 479. The number of benzene rings is 1. The Balaban J connectivity index is 0.00000264. The van der Waals surface area contributed by atoms with Gasteiger partial charge in [0.15, 0.2) is 0 Å². The summed E-state index contributed by atoms with van der Waals surface area (Å²) in [5.41, 5.74) is 1.21. The highest BCUT2D eigenvalue weighted by atomic mass is 35.5. The van der Waals surface area contributed by atoms with Gasteiger partial charge in [0.05, 0.1) is 7.11 Å². The summed E-state index contributed by atoms with van der Waals surface area (Å²) < 4.78 is 5.37. The minimum atomic E-state index is 0. The molecule has 130 valence electrons. The van der Waals surface area contributed by atoms with Crippen molar-refractivity contribution in [2.45, 2.75) is 12.8 Å². The van der Waals surface area contributed by atoms with Gasteiger partial charge in [-0.3, -0.25) is 4.79 Å². The highest BCUT2D eigenvalue weighted by Gasteiger charge is 2.16. The van der Waals surface area contributed by atoms with Crippen LogP contribution in [0.5, 0.6) is 5.75 Å². The van der Waals surface area contributed by atoms with E-state index in [9.17, 15) is 4.79 Å². The molecule has 1 N–H and O–H groups in total. The molecule has 5 nitrogen and oxygen atoms in total. The molecule has 23 heavy (non-hydrogen) atoms. The van der Waals surface area contributed by atoms with Crippen LogP contribution >= 0.6 is 12.4 Å². The predicted octanol–water partition coefficient (Wildman–Crippen LogP) is 1.41. The number of carbonyl (C=O) groups excluding carboxylic acids is 1. The molecule has 0 spiro atoms. The van der Waals surface area contributed by atoms with Crippen LogP contribution in [0.25, 0.3) is 0 Å². The average Bonchev–Trinajstić information content (AvgIpc) is 2.58. The SMILES string of the molecule is COc1ccccc1CCN(C)CCC(=O)N1CCNCC1.Cl. The number of para-hydroxylation sites is 1. The zero-order chi connectivity index (χ0) is 15.8. The largest absolute Gasteiger partial charge is 0.496 e. The van der Waals surface area contributed by atoms with Gasteiger partial charge in [-0.2, -0.15) is 0 Å². The minimum Gasteiger partial charge on any atom is -0.496 e. The third kappa shape index (κ3) is 6.37. The number of rotatable bonds is 7. The Kier molecular flexibility index (Phi) is 8.99. The predicted molar refractivity (Wildman–Crippen MR) is 95.5 cm³/mol. The second-order valence-corrected chi connectivity index (χ2v) is 5.75. The molecule has 0 atom stereocenters. The van der Waals surface area contributed by atoms with Crippen molar-refractivity contribution in [2.24, 2.45) is 0 Å². The number of nitrogens with one attached hydrogen (secondary N) is 1. The van der Waals surface area contributed by atoms with E-state index in [2.05, 4.69) is 23.3 Å². The third-order valence-corrected chi connectivity index (χ3v) is 4.13. The average molecular weight is 342 g/mol. The van der Waals surface area contributed by atoms with Crippen molar-refractivity contribution in [2.75, 3.05) is 53.4 Å². The molecule has 1 heterocycles. The van der Waals surface area contributed by atoms with Gasteiger partial charge in [0.2, 0.25) is 5.91 Å². The second kappa shape index (κ2) is 10.5. The van der Waals surface area contributed by atoms with E-state index in [-0.39, 0.29) is 18.3 Å². The van der Waals surface area contributed by atoms with Gasteiger partial charge < -0.3 is 19.9 Å².